The second kappa shape index (κ2) is 13.3. The number of unbranched alkanes of at least 4 members (excludes halogenated alkanes) is 3. The number of morpholine rings is 1. The van der Waals surface area contributed by atoms with Gasteiger partial charge in [0, 0.05) is 18.7 Å². The summed E-state index contributed by atoms with van der Waals surface area (Å²) in [4.78, 5) is 14.9. The van der Waals surface area contributed by atoms with Gasteiger partial charge >= 0.3 is 0 Å². The fourth-order valence-corrected chi connectivity index (χ4v) is 2.98. The first-order valence-electron chi connectivity index (χ1n) is 11.1. The summed E-state index contributed by atoms with van der Waals surface area (Å²) in [6, 6.07) is 3.61. The Labute approximate surface area is 175 Å². The lowest BCUT2D eigenvalue weighted by atomic mass is 10.1. The molecule has 29 heavy (non-hydrogen) atoms. The highest BCUT2D eigenvalue weighted by Gasteiger charge is 2.23. The first kappa shape index (κ1) is 23.3. The Kier molecular flexibility index (Phi) is 10.7. The monoisotopic (exact) mass is 407 g/mol. The van der Waals surface area contributed by atoms with Gasteiger partial charge in [-0.05, 0) is 31.4 Å². The Hall–Kier alpha value is -1.95. The van der Waals surface area contributed by atoms with Crippen LogP contribution >= 0.6 is 0 Å². The zero-order valence-electron chi connectivity index (χ0n) is 18.3. The molecule has 1 saturated heterocycles. The van der Waals surface area contributed by atoms with Crippen molar-refractivity contribution in [2.24, 2.45) is 0 Å². The Balaban J connectivity index is 2.31. The van der Waals surface area contributed by atoms with Crippen LogP contribution in [0.25, 0.3) is 0 Å². The number of amides is 1. The lowest BCUT2D eigenvalue weighted by Crippen LogP contribution is -2.40. The molecule has 0 radical (unpaired) electrons. The second-order valence-corrected chi connectivity index (χ2v) is 7.31. The van der Waals surface area contributed by atoms with Crippen LogP contribution in [-0.2, 0) is 4.74 Å². The van der Waals surface area contributed by atoms with Crippen molar-refractivity contribution >= 4 is 5.91 Å². The second-order valence-electron chi connectivity index (χ2n) is 7.31. The molecule has 0 aromatic heterocycles. The molecule has 6 heteroatoms. The Morgan fingerprint density at radius 2 is 1.34 bits per heavy atom. The molecule has 1 fully saturated rings. The first-order chi connectivity index (χ1) is 14.2. The Morgan fingerprint density at radius 1 is 0.862 bits per heavy atom. The zero-order chi connectivity index (χ0) is 20.9. The van der Waals surface area contributed by atoms with Crippen molar-refractivity contribution in [2.75, 3.05) is 46.1 Å². The van der Waals surface area contributed by atoms with Gasteiger partial charge in [-0.25, -0.2) is 0 Å². The van der Waals surface area contributed by atoms with Crippen LogP contribution in [0.3, 0.4) is 0 Å². The van der Waals surface area contributed by atoms with Crippen LogP contribution in [0, 0.1) is 0 Å². The molecule has 1 amide bonds. The average molecular weight is 408 g/mol. The molecule has 164 valence electrons. The summed E-state index contributed by atoms with van der Waals surface area (Å²) in [5.74, 6) is 1.79. The molecule has 0 bridgehead atoms. The van der Waals surface area contributed by atoms with E-state index in [0.717, 1.165) is 38.5 Å². The van der Waals surface area contributed by atoms with Crippen molar-refractivity contribution in [3.63, 3.8) is 0 Å². The van der Waals surface area contributed by atoms with E-state index in [1.54, 1.807) is 12.1 Å². The minimum Gasteiger partial charge on any atom is -0.490 e. The molecule has 2 rings (SSSR count). The van der Waals surface area contributed by atoms with Crippen LogP contribution in [0.5, 0.6) is 17.2 Å². The third-order valence-electron chi connectivity index (χ3n) is 4.82. The van der Waals surface area contributed by atoms with Gasteiger partial charge in [-0.3, -0.25) is 4.79 Å². The quantitative estimate of drug-likeness (QED) is 0.444. The summed E-state index contributed by atoms with van der Waals surface area (Å²) in [6.07, 6.45) is 5.98. The molecule has 1 aromatic rings. The predicted octanol–water partition coefficient (Wildman–Crippen LogP) is 4.70. The van der Waals surface area contributed by atoms with Crippen molar-refractivity contribution in [1.29, 1.82) is 0 Å². The van der Waals surface area contributed by atoms with Crippen molar-refractivity contribution < 1.29 is 23.7 Å². The highest BCUT2D eigenvalue weighted by atomic mass is 16.5. The van der Waals surface area contributed by atoms with Crippen LogP contribution in [0.2, 0.25) is 0 Å². The summed E-state index contributed by atoms with van der Waals surface area (Å²) >= 11 is 0. The van der Waals surface area contributed by atoms with E-state index in [-0.39, 0.29) is 5.91 Å². The summed E-state index contributed by atoms with van der Waals surface area (Å²) in [5, 5.41) is 0. The van der Waals surface area contributed by atoms with E-state index in [0.29, 0.717) is 68.9 Å². The Morgan fingerprint density at radius 3 is 1.83 bits per heavy atom. The third-order valence-corrected chi connectivity index (χ3v) is 4.82. The average Bonchev–Trinajstić information content (AvgIpc) is 2.75. The van der Waals surface area contributed by atoms with Crippen LogP contribution in [0.1, 0.15) is 69.7 Å². The summed E-state index contributed by atoms with van der Waals surface area (Å²) < 4.78 is 23.5. The van der Waals surface area contributed by atoms with Gasteiger partial charge in [-0.15, -0.1) is 0 Å². The molecule has 1 aliphatic heterocycles. The van der Waals surface area contributed by atoms with E-state index in [9.17, 15) is 4.79 Å². The minimum atomic E-state index is -0.0194. The molecule has 1 aromatic carbocycles. The van der Waals surface area contributed by atoms with E-state index in [2.05, 4.69) is 20.8 Å². The molecule has 0 unspecified atom stereocenters. The van der Waals surface area contributed by atoms with Gasteiger partial charge in [0.25, 0.3) is 5.91 Å². The van der Waals surface area contributed by atoms with E-state index in [1.807, 2.05) is 4.90 Å². The maximum absolute atomic E-state index is 13.1. The SMILES string of the molecule is CCCCOc1cc(C(=O)N2CCOCC2)cc(OCCCC)c1OCCCC. The normalized spacial score (nSPS) is 14.0. The summed E-state index contributed by atoms with van der Waals surface area (Å²) in [6.45, 7) is 10.5. The molecule has 1 aliphatic rings. The highest BCUT2D eigenvalue weighted by Crippen LogP contribution is 2.40. The molecule has 6 nitrogen and oxygen atoms in total. The number of nitrogens with zero attached hydrogens (tertiary/aromatic N) is 1. The molecule has 0 aliphatic carbocycles. The van der Waals surface area contributed by atoms with Gasteiger partial charge in [0.1, 0.15) is 0 Å². The number of benzene rings is 1. The Bertz CT molecular complexity index is 582. The molecule has 0 spiro atoms. The van der Waals surface area contributed by atoms with Gasteiger partial charge in [0.2, 0.25) is 5.75 Å². The molecular formula is C23H37NO5. The smallest absolute Gasteiger partial charge is 0.254 e. The fourth-order valence-electron chi connectivity index (χ4n) is 2.98. The number of carbonyl (C=O) groups is 1. The highest BCUT2D eigenvalue weighted by molar-refractivity contribution is 5.95. The molecular weight excluding hydrogens is 370 g/mol. The summed E-state index contributed by atoms with van der Waals surface area (Å²) in [7, 11) is 0. The number of ether oxygens (including phenoxy) is 4. The van der Waals surface area contributed by atoms with E-state index < -0.39 is 0 Å². The number of carbonyl (C=O) groups excluding carboxylic acids is 1. The van der Waals surface area contributed by atoms with Crippen molar-refractivity contribution in [3.8, 4) is 17.2 Å². The van der Waals surface area contributed by atoms with Gasteiger partial charge in [-0.1, -0.05) is 40.0 Å². The fraction of sp³-hybridized carbons (Fsp3) is 0.696. The molecule has 0 N–H and O–H groups in total. The van der Waals surface area contributed by atoms with Gasteiger partial charge in [0.05, 0.1) is 33.0 Å². The van der Waals surface area contributed by atoms with Crippen molar-refractivity contribution in [1.82, 2.24) is 4.90 Å². The van der Waals surface area contributed by atoms with Gasteiger partial charge < -0.3 is 23.8 Å². The number of hydrogen-bond donors (Lipinski definition) is 0. The predicted molar refractivity (Wildman–Crippen MR) is 114 cm³/mol. The lowest BCUT2D eigenvalue weighted by molar-refractivity contribution is 0.0302. The van der Waals surface area contributed by atoms with E-state index in [1.165, 1.54) is 0 Å². The summed E-state index contributed by atoms with van der Waals surface area (Å²) in [5.41, 5.74) is 0.577. The van der Waals surface area contributed by atoms with E-state index >= 15 is 0 Å². The van der Waals surface area contributed by atoms with Gasteiger partial charge in [-0.2, -0.15) is 0 Å². The standard InChI is InChI=1S/C23H37NO5/c1-4-7-12-27-20-17-19(23(25)24-10-15-26-16-11-24)18-21(28-13-8-5-2)22(20)29-14-9-6-3/h17-18H,4-16H2,1-3H3. The lowest BCUT2D eigenvalue weighted by Gasteiger charge is -2.27. The van der Waals surface area contributed by atoms with Crippen LogP contribution in [0.15, 0.2) is 12.1 Å². The number of rotatable bonds is 13. The number of hydrogen-bond acceptors (Lipinski definition) is 5. The van der Waals surface area contributed by atoms with Crippen molar-refractivity contribution in [2.45, 2.75) is 59.3 Å². The molecule has 0 atom stereocenters. The molecule has 1 heterocycles. The van der Waals surface area contributed by atoms with E-state index in [4.69, 9.17) is 18.9 Å². The maximum Gasteiger partial charge on any atom is 0.254 e. The van der Waals surface area contributed by atoms with Crippen LogP contribution in [-0.4, -0.2) is 56.9 Å². The molecule has 0 saturated carbocycles. The maximum atomic E-state index is 13.1. The largest absolute Gasteiger partial charge is 0.490 e. The third kappa shape index (κ3) is 7.42. The van der Waals surface area contributed by atoms with Gasteiger partial charge in [0.15, 0.2) is 11.5 Å². The topological polar surface area (TPSA) is 57.2 Å². The van der Waals surface area contributed by atoms with Crippen molar-refractivity contribution in [3.05, 3.63) is 17.7 Å². The zero-order valence-corrected chi connectivity index (χ0v) is 18.3. The van der Waals surface area contributed by atoms with Crippen LogP contribution < -0.4 is 14.2 Å². The van der Waals surface area contributed by atoms with Crippen LogP contribution in [0.4, 0.5) is 0 Å². The first-order valence-corrected chi connectivity index (χ1v) is 11.1. The minimum absolute atomic E-state index is 0.0194.